The van der Waals surface area contributed by atoms with Crippen molar-refractivity contribution in [2.45, 2.75) is 32.6 Å². The van der Waals surface area contributed by atoms with Crippen molar-refractivity contribution in [1.82, 2.24) is 0 Å². The Balaban J connectivity index is 2.45. The monoisotopic (exact) mass is 268 g/mol. The van der Waals surface area contributed by atoms with Gasteiger partial charge in [0.2, 0.25) is 0 Å². The van der Waals surface area contributed by atoms with Crippen molar-refractivity contribution in [3.05, 3.63) is 35.6 Å². The normalized spacial score (nSPS) is 12.3. The lowest BCUT2D eigenvalue weighted by atomic mass is 9.96. The van der Waals surface area contributed by atoms with E-state index in [2.05, 4.69) is 6.92 Å². The number of rotatable bonds is 9. The van der Waals surface area contributed by atoms with Crippen molar-refractivity contribution >= 4 is 5.97 Å². The Labute approximate surface area is 113 Å². The third-order valence-corrected chi connectivity index (χ3v) is 3.03. The molecule has 0 heterocycles. The number of aliphatic carboxylic acids is 1. The van der Waals surface area contributed by atoms with Gasteiger partial charge in [-0.1, -0.05) is 31.5 Å². The molecule has 0 bridgehead atoms. The first-order chi connectivity index (χ1) is 9.15. The fourth-order valence-electron chi connectivity index (χ4n) is 1.82. The minimum Gasteiger partial charge on any atom is -0.481 e. The topological polar surface area (TPSA) is 46.5 Å². The van der Waals surface area contributed by atoms with Gasteiger partial charge < -0.3 is 9.84 Å². The summed E-state index contributed by atoms with van der Waals surface area (Å²) in [5.74, 6) is -1.85. The number of benzene rings is 1. The summed E-state index contributed by atoms with van der Waals surface area (Å²) in [6.07, 6.45) is 2.65. The van der Waals surface area contributed by atoms with Crippen molar-refractivity contribution in [2.75, 3.05) is 13.2 Å². The lowest BCUT2D eigenvalue weighted by Gasteiger charge is -2.13. The van der Waals surface area contributed by atoms with Crippen LogP contribution in [0.15, 0.2) is 24.3 Å². The van der Waals surface area contributed by atoms with Crippen LogP contribution in [0.2, 0.25) is 0 Å². The number of hydrogen-bond donors (Lipinski definition) is 1. The quantitative estimate of drug-likeness (QED) is 0.699. The maximum absolute atomic E-state index is 13.5. The summed E-state index contributed by atoms with van der Waals surface area (Å²) in [6.45, 7) is 3.13. The average Bonchev–Trinajstić information content (AvgIpc) is 2.39. The summed E-state index contributed by atoms with van der Waals surface area (Å²) >= 11 is 0. The second-order valence-electron chi connectivity index (χ2n) is 4.59. The SMILES string of the molecule is CCCCOCCC(Cc1ccccc1F)C(=O)O. The number of carboxylic acids is 1. The van der Waals surface area contributed by atoms with E-state index >= 15 is 0 Å². The molecule has 4 heteroatoms. The van der Waals surface area contributed by atoms with Crippen LogP contribution in [0.4, 0.5) is 4.39 Å². The standard InChI is InChI=1S/C15H21FO3/c1-2-3-9-19-10-8-13(15(17)18)11-12-6-4-5-7-14(12)16/h4-7,13H,2-3,8-11H2,1H3,(H,17,18). The Kier molecular flexibility index (Phi) is 7.11. The Hall–Kier alpha value is -1.42. The van der Waals surface area contributed by atoms with E-state index in [4.69, 9.17) is 9.84 Å². The van der Waals surface area contributed by atoms with Gasteiger partial charge in [0.05, 0.1) is 5.92 Å². The van der Waals surface area contributed by atoms with E-state index in [1.165, 1.54) is 6.07 Å². The van der Waals surface area contributed by atoms with Gasteiger partial charge in [0.15, 0.2) is 0 Å². The lowest BCUT2D eigenvalue weighted by molar-refractivity contribution is -0.142. The Morgan fingerprint density at radius 3 is 2.74 bits per heavy atom. The van der Waals surface area contributed by atoms with Gasteiger partial charge in [0.25, 0.3) is 0 Å². The number of halogens is 1. The van der Waals surface area contributed by atoms with Crippen molar-refractivity contribution in [3.8, 4) is 0 Å². The lowest BCUT2D eigenvalue weighted by Crippen LogP contribution is -2.19. The molecule has 1 N–H and O–H groups in total. The van der Waals surface area contributed by atoms with Crippen molar-refractivity contribution in [2.24, 2.45) is 5.92 Å². The molecule has 0 radical (unpaired) electrons. The molecule has 1 atom stereocenters. The minimum atomic E-state index is -0.901. The molecule has 19 heavy (non-hydrogen) atoms. The second-order valence-corrected chi connectivity index (χ2v) is 4.59. The average molecular weight is 268 g/mol. The number of ether oxygens (including phenoxy) is 1. The van der Waals surface area contributed by atoms with E-state index in [0.29, 0.717) is 25.2 Å². The van der Waals surface area contributed by atoms with Crippen LogP contribution in [0.3, 0.4) is 0 Å². The molecule has 1 rings (SSSR count). The van der Waals surface area contributed by atoms with Gasteiger partial charge in [-0.2, -0.15) is 0 Å². The molecule has 0 fully saturated rings. The summed E-state index contributed by atoms with van der Waals surface area (Å²) in [7, 11) is 0. The highest BCUT2D eigenvalue weighted by atomic mass is 19.1. The highest BCUT2D eigenvalue weighted by molar-refractivity contribution is 5.70. The maximum atomic E-state index is 13.5. The van der Waals surface area contributed by atoms with Crippen LogP contribution in [0.25, 0.3) is 0 Å². The van der Waals surface area contributed by atoms with E-state index in [1.54, 1.807) is 18.2 Å². The van der Waals surface area contributed by atoms with Gasteiger partial charge in [0, 0.05) is 13.2 Å². The van der Waals surface area contributed by atoms with Gasteiger partial charge in [-0.25, -0.2) is 4.39 Å². The molecular formula is C15H21FO3. The summed E-state index contributed by atoms with van der Waals surface area (Å²) in [5.41, 5.74) is 0.448. The van der Waals surface area contributed by atoms with E-state index in [0.717, 1.165) is 12.8 Å². The van der Waals surface area contributed by atoms with Crippen molar-refractivity contribution in [1.29, 1.82) is 0 Å². The Morgan fingerprint density at radius 2 is 2.11 bits per heavy atom. The molecule has 0 aliphatic carbocycles. The van der Waals surface area contributed by atoms with E-state index in [9.17, 15) is 9.18 Å². The van der Waals surface area contributed by atoms with Crippen LogP contribution in [0.1, 0.15) is 31.7 Å². The van der Waals surface area contributed by atoms with Gasteiger partial charge in [-0.3, -0.25) is 4.79 Å². The molecule has 106 valence electrons. The van der Waals surface area contributed by atoms with Crippen LogP contribution < -0.4 is 0 Å². The fourth-order valence-corrected chi connectivity index (χ4v) is 1.82. The molecule has 1 aromatic carbocycles. The first kappa shape index (κ1) is 15.6. The predicted octanol–water partition coefficient (Wildman–Crippen LogP) is 3.28. The van der Waals surface area contributed by atoms with Gasteiger partial charge in [0.1, 0.15) is 5.82 Å². The van der Waals surface area contributed by atoms with E-state index in [1.807, 2.05) is 0 Å². The largest absolute Gasteiger partial charge is 0.481 e. The molecule has 0 saturated heterocycles. The van der Waals surface area contributed by atoms with Crippen molar-refractivity contribution in [3.63, 3.8) is 0 Å². The van der Waals surface area contributed by atoms with E-state index in [-0.39, 0.29) is 12.2 Å². The third kappa shape index (κ3) is 5.83. The zero-order chi connectivity index (χ0) is 14.1. The fraction of sp³-hybridized carbons (Fsp3) is 0.533. The maximum Gasteiger partial charge on any atom is 0.306 e. The molecular weight excluding hydrogens is 247 g/mol. The van der Waals surface area contributed by atoms with Crippen molar-refractivity contribution < 1.29 is 19.0 Å². The number of hydrogen-bond acceptors (Lipinski definition) is 2. The molecule has 0 aromatic heterocycles. The summed E-state index contributed by atoms with van der Waals surface area (Å²) in [4.78, 5) is 11.2. The zero-order valence-electron chi connectivity index (χ0n) is 11.3. The Bertz CT molecular complexity index is 393. The van der Waals surface area contributed by atoms with Gasteiger partial charge in [-0.05, 0) is 30.9 Å². The molecule has 3 nitrogen and oxygen atoms in total. The molecule has 0 saturated carbocycles. The second kappa shape index (κ2) is 8.64. The van der Waals surface area contributed by atoms with Crippen LogP contribution >= 0.6 is 0 Å². The van der Waals surface area contributed by atoms with Crippen LogP contribution in [0, 0.1) is 11.7 Å². The highest BCUT2D eigenvalue weighted by Crippen LogP contribution is 2.16. The summed E-state index contributed by atoms with van der Waals surface area (Å²) < 4.78 is 18.8. The minimum absolute atomic E-state index is 0.207. The molecule has 0 aliphatic rings. The first-order valence-electron chi connectivity index (χ1n) is 6.69. The van der Waals surface area contributed by atoms with Gasteiger partial charge >= 0.3 is 5.97 Å². The van der Waals surface area contributed by atoms with E-state index < -0.39 is 11.9 Å². The molecule has 0 spiro atoms. The first-order valence-corrected chi connectivity index (χ1v) is 6.69. The molecule has 0 amide bonds. The smallest absolute Gasteiger partial charge is 0.306 e. The third-order valence-electron chi connectivity index (χ3n) is 3.03. The number of carbonyl (C=O) groups is 1. The summed E-state index contributed by atoms with van der Waals surface area (Å²) in [6, 6.07) is 6.30. The highest BCUT2D eigenvalue weighted by Gasteiger charge is 2.19. The van der Waals surface area contributed by atoms with Crippen LogP contribution in [0.5, 0.6) is 0 Å². The predicted molar refractivity (Wildman–Crippen MR) is 71.6 cm³/mol. The molecule has 1 unspecified atom stereocenters. The summed E-state index contributed by atoms with van der Waals surface area (Å²) in [5, 5.41) is 9.15. The zero-order valence-corrected chi connectivity index (χ0v) is 11.3. The van der Waals surface area contributed by atoms with Gasteiger partial charge in [-0.15, -0.1) is 0 Å². The molecule has 0 aliphatic heterocycles. The number of unbranched alkanes of at least 4 members (excludes halogenated alkanes) is 1. The van der Waals surface area contributed by atoms with Crippen LogP contribution in [-0.2, 0) is 16.0 Å². The Morgan fingerprint density at radius 1 is 1.37 bits per heavy atom. The molecule has 1 aromatic rings. The van der Waals surface area contributed by atoms with Crippen LogP contribution in [-0.4, -0.2) is 24.3 Å². The number of carboxylic acid groups (broad SMARTS) is 1.